The largest absolute Gasteiger partial charge is 0.381 e. The Labute approximate surface area is 104 Å². The van der Waals surface area contributed by atoms with E-state index in [1.54, 1.807) is 0 Å². The van der Waals surface area contributed by atoms with Crippen molar-refractivity contribution in [2.75, 3.05) is 40.4 Å². The van der Waals surface area contributed by atoms with E-state index in [1.165, 1.54) is 0 Å². The van der Waals surface area contributed by atoms with Gasteiger partial charge in [0.2, 0.25) is 5.91 Å². The van der Waals surface area contributed by atoms with Crippen LogP contribution in [0.3, 0.4) is 0 Å². The number of carbonyl (C=O) groups excluding carboxylic acids is 1. The Bertz CT molecular complexity index is 258. The fourth-order valence-corrected chi connectivity index (χ4v) is 2.34. The normalized spacial score (nSPS) is 21.8. The van der Waals surface area contributed by atoms with Gasteiger partial charge in [-0.05, 0) is 39.8 Å². The first kappa shape index (κ1) is 12.8. The van der Waals surface area contributed by atoms with Crippen LogP contribution >= 0.6 is 0 Å². The standard InChI is InChI=1S/C13H24N2O2/c1-14(2)7-8-15(13(16)11-3-4-11)12-5-9-17-10-6-12/h11-12H,3-10H2,1-2H3. The molecule has 4 heteroatoms. The Balaban J connectivity index is 1.92. The molecule has 1 aliphatic heterocycles. The first-order chi connectivity index (χ1) is 8.18. The van der Waals surface area contributed by atoms with Gasteiger partial charge in [0.1, 0.15) is 0 Å². The Morgan fingerprint density at radius 1 is 1.12 bits per heavy atom. The summed E-state index contributed by atoms with van der Waals surface area (Å²) in [6, 6.07) is 0.414. The Morgan fingerprint density at radius 3 is 2.29 bits per heavy atom. The smallest absolute Gasteiger partial charge is 0.225 e. The van der Waals surface area contributed by atoms with Crippen LogP contribution in [0.1, 0.15) is 25.7 Å². The molecule has 1 saturated carbocycles. The van der Waals surface area contributed by atoms with Crippen molar-refractivity contribution in [2.45, 2.75) is 31.7 Å². The van der Waals surface area contributed by atoms with Crippen molar-refractivity contribution in [3.05, 3.63) is 0 Å². The molecule has 0 aromatic heterocycles. The van der Waals surface area contributed by atoms with Crippen molar-refractivity contribution in [1.29, 1.82) is 0 Å². The van der Waals surface area contributed by atoms with Crippen molar-refractivity contribution in [1.82, 2.24) is 9.80 Å². The molecule has 2 fully saturated rings. The highest BCUT2D eigenvalue weighted by Crippen LogP contribution is 2.32. The predicted octanol–water partition coefficient (Wildman–Crippen LogP) is 0.966. The van der Waals surface area contributed by atoms with Crippen LogP contribution in [0.4, 0.5) is 0 Å². The fraction of sp³-hybridized carbons (Fsp3) is 0.923. The minimum atomic E-state index is 0.333. The van der Waals surface area contributed by atoms with E-state index in [9.17, 15) is 4.79 Å². The number of hydrogen-bond acceptors (Lipinski definition) is 3. The van der Waals surface area contributed by atoms with Gasteiger partial charge in [-0.15, -0.1) is 0 Å². The highest BCUT2D eigenvalue weighted by atomic mass is 16.5. The topological polar surface area (TPSA) is 32.8 Å². The zero-order valence-electron chi connectivity index (χ0n) is 11.0. The van der Waals surface area contributed by atoms with E-state index in [0.717, 1.165) is 52.0 Å². The highest BCUT2D eigenvalue weighted by Gasteiger charge is 2.36. The first-order valence-corrected chi connectivity index (χ1v) is 6.71. The summed E-state index contributed by atoms with van der Waals surface area (Å²) in [6.45, 7) is 3.44. The molecule has 4 nitrogen and oxygen atoms in total. The van der Waals surface area contributed by atoms with E-state index in [2.05, 4.69) is 23.9 Å². The lowest BCUT2D eigenvalue weighted by Gasteiger charge is -2.35. The molecular formula is C13H24N2O2. The highest BCUT2D eigenvalue weighted by molar-refractivity contribution is 5.81. The van der Waals surface area contributed by atoms with Crippen LogP contribution in [0.25, 0.3) is 0 Å². The van der Waals surface area contributed by atoms with Crippen LogP contribution in [0, 0.1) is 5.92 Å². The second-order valence-corrected chi connectivity index (χ2v) is 5.45. The summed E-state index contributed by atoms with van der Waals surface area (Å²) in [4.78, 5) is 16.6. The van der Waals surface area contributed by atoms with E-state index >= 15 is 0 Å². The maximum atomic E-state index is 12.3. The average molecular weight is 240 g/mol. The maximum absolute atomic E-state index is 12.3. The van der Waals surface area contributed by atoms with Crippen LogP contribution < -0.4 is 0 Å². The summed E-state index contributed by atoms with van der Waals surface area (Å²) in [5, 5.41) is 0. The Morgan fingerprint density at radius 2 is 1.76 bits per heavy atom. The molecule has 2 aliphatic rings. The zero-order chi connectivity index (χ0) is 12.3. The molecule has 0 bridgehead atoms. The average Bonchev–Trinajstić information content (AvgIpc) is 3.14. The van der Waals surface area contributed by atoms with Crippen LogP contribution in [0.5, 0.6) is 0 Å². The molecule has 1 heterocycles. The number of carbonyl (C=O) groups is 1. The molecule has 0 atom stereocenters. The van der Waals surface area contributed by atoms with Gasteiger partial charge < -0.3 is 14.5 Å². The first-order valence-electron chi connectivity index (χ1n) is 6.71. The quantitative estimate of drug-likeness (QED) is 0.718. The molecule has 0 spiro atoms. The van der Waals surface area contributed by atoms with Gasteiger partial charge in [-0.25, -0.2) is 0 Å². The van der Waals surface area contributed by atoms with Crippen molar-refractivity contribution < 1.29 is 9.53 Å². The number of amides is 1. The molecule has 0 aromatic rings. The van der Waals surface area contributed by atoms with E-state index in [-0.39, 0.29) is 0 Å². The molecular weight excluding hydrogens is 216 g/mol. The van der Waals surface area contributed by atoms with Gasteiger partial charge in [-0.1, -0.05) is 0 Å². The fourth-order valence-electron chi connectivity index (χ4n) is 2.34. The molecule has 2 rings (SSSR count). The maximum Gasteiger partial charge on any atom is 0.225 e. The number of ether oxygens (including phenoxy) is 1. The lowest BCUT2D eigenvalue weighted by molar-refractivity contribution is -0.137. The van der Waals surface area contributed by atoms with E-state index in [1.807, 2.05) is 0 Å². The van der Waals surface area contributed by atoms with Crippen molar-refractivity contribution in [3.8, 4) is 0 Å². The van der Waals surface area contributed by atoms with Gasteiger partial charge >= 0.3 is 0 Å². The third-order valence-corrected chi connectivity index (χ3v) is 3.63. The monoisotopic (exact) mass is 240 g/mol. The van der Waals surface area contributed by atoms with E-state index < -0.39 is 0 Å². The summed E-state index contributed by atoms with van der Waals surface area (Å²) in [5.41, 5.74) is 0. The molecule has 0 unspecified atom stereocenters. The second kappa shape index (κ2) is 5.83. The number of likely N-dealkylation sites (N-methyl/N-ethyl adjacent to an activating group) is 1. The molecule has 1 amide bonds. The molecule has 98 valence electrons. The molecule has 0 N–H and O–H groups in total. The lowest BCUT2D eigenvalue weighted by Crippen LogP contribution is -2.46. The van der Waals surface area contributed by atoms with Gasteiger partial charge in [-0.2, -0.15) is 0 Å². The SMILES string of the molecule is CN(C)CCN(C(=O)C1CC1)C1CCOCC1. The van der Waals surface area contributed by atoms with Crippen molar-refractivity contribution in [2.24, 2.45) is 5.92 Å². The summed E-state index contributed by atoms with van der Waals surface area (Å²) in [5.74, 6) is 0.721. The molecule has 1 saturated heterocycles. The van der Waals surface area contributed by atoms with Crippen LogP contribution in [-0.2, 0) is 9.53 Å². The van der Waals surface area contributed by atoms with Crippen LogP contribution in [-0.4, -0.2) is 62.1 Å². The third-order valence-electron chi connectivity index (χ3n) is 3.63. The van der Waals surface area contributed by atoms with Gasteiger partial charge in [0.25, 0.3) is 0 Å². The number of nitrogens with zero attached hydrogens (tertiary/aromatic N) is 2. The molecule has 0 radical (unpaired) electrons. The second-order valence-electron chi connectivity index (χ2n) is 5.45. The van der Waals surface area contributed by atoms with Gasteiger partial charge in [-0.3, -0.25) is 4.79 Å². The van der Waals surface area contributed by atoms with Gasteiger partial charge in [0, 0.05) is 38.3 Å². The predicted molar refractivity (Wildman–Crippen MR) is 66.8 cm³/mol. The minimum Gasteiger partial charge on any atom is -0.381 e. The van der Waals surface area contributed by atoms with Crippen LogP contribution in [0.15, 0.2) is 0 Å². The zero-order valence-corrected chi connectivity index (χ0v) is 11.0. The Kier molecular flexibility index (Phi) is 4.40. The third kappa shape index (κ3) is 3.68. The number of rotatable bonds is 5. The summed E-state index contributed by atoms with van der Waals surface area (Å²) in [7, 11) is 4.12. The van der Waals surface area contributed by atoms with E-state index in [4.69, 9.17) is 4.74 Å². The van der Waals surface area contributed by atoms with Crippen molar-refractivity contribution >= 4 is 5.91 Å². The summed E-state index contributed by atoms with van der Waals surface area (Å²) < 4.78 is 5.38. The Hall–Kier alpha value is -0.610. The van der Waals surface area contributed by atoms with Crippen molar-refractivity contribution in [3.63, 3.8) is 0 Å². The van der Waals surface area contributed by atoms with E-state index in [0.29, 0.717) is 17.9 Å². The minimum absolute atomic E-state index is 0.333. The van der Waals surface area contributed by atoms with Gasteiger partial charge in [0.15, 0.2) is 0 Å². The molecule has 17 heavy (non-hydrogen) atoms. The van der Waals surface area contributed by atoms with Crippen LogP contribution in [0.2, 0.25) is 0 Å². The molecule has 1 aliphatic carbocycles. The summed E-state index contributed by atoms with van der Waals surface area (Å²) >= 11 is 0. The summed E-state index contributed by atoms with van der Waals surface area (Å²) in [6.07, 6.45) is 4.21. The lowest BCUT2D eigenvalue weighted by atomic mass is 10.1. The van der Waals surface area contributed by atoms with Gasteiger partial charge in [0.05, 0.1) is 0 Å². The molecule has 0 aromatic carbocycles. The number of hydrogen-bond donors (Lipinski definition) is 0.